The molecule has 2 aromatic rings. The summed E-state index contributed by atoms with van der Waals surface area (Å²) >= 11 is 0. The molecule has 6 heteroatoms. The van der Waals surface area contributed by atoms with Crippen molar-refractivity contribution in [2.24, 2.45) is 0 Å². The van der Waals surface area contributed by atoms with Crippen LogP contribution in [0.2, 0.25) is 0 Å². The number of hydrogen-bond donors (Lipinski definition) is 1. The maximum atomic E-state index is 5.44. The summed E-state index contributed by atoms with van der Waals surface area (Å²) in [7, 11) is 0. The minimum atomic E-state index is 0.372. The van der Waals surface area contributed by atoms with Gasteiger partial charge in [-0.05, 0) is 25.8 Å². The second-order valence-corrected chi connectivity index (χ2v) is 5.10. The van der Waals surface area contributed by atoms with Crippen molar-refractivity contribution in [2.75, 3.05) is 13.1 Å². The quantitative estimate of drug-likeness (QED) is 0.883. The highest BCUT2D eigenvalue weighted by molar-refractivity contribution is 5.51. The summed E-state index contributed by atoms with van der Waals surface area (Å²) in [5, 5.41) is 15.7. The first-order valence-corrected chi connectivity index (χ1v) is 6.50. The van der Waals surface area contributed by atoms with Gasteiger partial charge in [-0.2, -0.15) is 0 Å². The van der Waals surface area contributed by atoms with Crippen LogP contribution in [0.4, 0.5) is 0 Å². The largest absolute Gasteiger partial charge is 0.354 e. The zero-order valence-electron chi connectivity index (χ0n) is 10.0. The van der Waals surface area contributed by atoms with Crippen LogP contribution in [0.3, 0.4) is 0 Å². The molecule has 94 valence electrons. The normalized spacial score (nSPS) is 23.7. The van der Waals surface area contributed by atoms with Crippen LogP contribution in [-0.4, -0.2) is 33.2 Å². The summed E-state index contributed by atoms with van der Waals surface area (Å²) < 4.78 is 7.39. The molecule has 1 saturated heterocycles. The first kappa shape index (κ1) is 10.3. The molecule has 2 aromatic heterocycles. The summed E-state index contributed by atoms with van der Waals surface area (Å²) in [5.74, 6) is 1.40. The van der Waals surface area contributed by atoms with Crippen molar-refractivity contribution < 1.29 is 4.52 Å². The lowest BCUT2D eigenvalue weighted by Crippen LogP contribution is -2.15. The van der Waals surface area contributed by atoms with Crippen LogP contribution in [0, 0.1) is 0 Å². The number of rotatable bonds is 3. The average molecular weight is 245 g/mol. The molecule has 0 aromatic carbocycles. The molecule has 0 spiro atoms. The molecule has 1 aliphatic carbocycles. The predicted octanol–water partition coefficient (Wildman–Crippen LogP) is 1.34. The molecule has 1 atom stereocenters. The maximum Gasteiger partial charge on any atom is 0.186 e. The Morgan fingerprint density at radius 3 is 3.06 bits per heavy atom. The fourth-order valence-electron chi connectivity index (χ4n) is 2.52. The van der Waals surface area contributed by atoms with E-state index in [4.69, 9.17) is 4.52 Å². The number of nitrogens with zero attached hydrogens (tertiary/aromatic N) is 4. The molecule has 2 fully saturated rings. The molecule has 0 amide bonds. The predicted molar refractivity (Wildman–Crippen MR) is 64.0 cm³/mol. The van der Waals surface area contributed by atoms with Gasteiger partial charge in [-0.3, -0.25) is 0 Å². The molecule has 6 nitrogen and oxygen atoms in total. The Kier molecular flexibility index (Phi) is 2.23. The highest BCUT2D eigenvalue weighted by Crippen LogP contribution is 2.40. The van der Waals surface area contributed by atoms with Gasteiger partial charge < -0.3 is 9.84 Å². The Bertz CT molecular complexity index is 550. The van der Waals surface area contributed by atoms with Crippen LogP contribution in [0.5, 0.6) is 0 Å². The first-order valence-electron chi connectivity index (χ1n) is 6.50. The van der Waals surface area contributed by atoms with Crippen LogP contribution < -0.4 is 5.32 Å². The molecule has 0 radical (unpaired) electrons. The van der Waals surface area contributed by atoms with Crippen LogP contribution in [0.15, 0.2) is 16.8 Å². The van der Waals surface area contributed by atoms with Gasteiger partial charge in [-0.1, -0.05) is 10.4 Å². The van der Waals surface area contributed by atoms with Gasteiger partial charge in [0.2, 0.25) is 0 Å². The van der Waals surface area contributed by atoms with Crippen LogP contribution in [-0.2, 0) is 0 Å². The van der Waals surface area contributed by atoms with Gasteiger partial charge in [-0.25, -0.2) is 4.68 Å². The van der Waals surface area contributed by atoms with Crippen molar-refractivity contribution in [3.8, 4) is 11.5 Å². The monoisotopic (exact) mass is 245 g/mol. The topological polar surface area (TPSA) is 68.8 Å². The molecule has 2 aliphatic rings. The smallest absolute Gasteiger partial charge is 0.186 e. The summed E-state index contributed by atoms with van der Waals surface area (Å²) in [6, 6.07) is 2.41. The minimum absolute atomic E-state index is 0.372. The number of nitrogens with one attached hydrogen (secondary N) is 1. The zero-order valence-corrected chi connectivity index (χ0v) is 10.0. The third-order valence-corrected chi connectivity index (χ3v) is 3.73. The molecule has 1 saturated carbocycles. The average Bonchev–Trinajstić information content (AvgIpc) is 2.91. The van der Waals surface area contributed by atoms with E-state index < -0.39 is 0 Å². The van der Waals surface area contributed by atoms with Crippen molar-refractivity contribution in [1.29, 1.82) is 0 Å². The Morgan fingerprint density at radius 2 is 2.28 bits per heavy atom. The molecule has 4 rings (SSSR count). The van der Waals surface area contributed by atoms with E-state index in [-0.39, 0.29) is 0 Å². The number of hydrogen-bond acceptors (Lipinski definition) is 5. The number of aromatic nitrogens is 4. The summed E-state index contributed by atoms with van der Waals surface area (Å²) in [4.78, 5) is 0. The van der Waals surface area contributed by atoms with E-state index >= 15 is 0 Å². The molecule has 0 bridgehead atoms. The second-order valence-electron chi connectivity index (χ2n) is 5.10. The van der Waals surface area contributed by atoms with Gasteiger partial charge in [0.1, 0.15) is 5.69 Å². The van der Waals surface area contributed by atoms with Gasteiger partial charge in [0.05, 0.1) is 17.9 Å². The van der Waals surface area contributed by atoms with Crippen molar-refractivity contribution >= 4 is 0 Å². The Balaban J connectivity index is 1.68. The van der Waals surface area contributed by atoms with E-state index in [2.05, 4.69) is 20.8 Å². The fourth-order valence-corrected chi connectivity index (χ4v) is 2.52. The van der Waals surface area contributed by atoms with E-state index in [9.17, 15) is 0 Å². The molecule has 18 heavy (non-hydrogen) atoms. The Labute approximate surface area is 104 Å². The Hall–Kier alpha value is -1.69. The summed E-state index contributed by atoms with van der Waals surface area (Å²) in [6.07, 6.45) is 5.31. The minimum Gasteiger partial charge on any atom is -0.354 e. The van der Waals surface area contributed by atoms with E-state index in [0.29, 0.717) is 12.0 Å². The molecule has 1 aliphatic heterocycles. The van der Waals surface area contributed by atoms with Crippen LogP contribution >= 0.6 is 0 Å². The third kappa shape index (κ3) is 1.64. The van der Waals surface area contributed by atoms with E-state index in [0.717, 1.165) is 36.7 Å². The zero-order chi connectivity index (χ0) is 11.9. The highest BCUT2D eigenvalue weighted by atomic mass is 16.5. The van der Waals surface area contributed by atoms with Gasteiger partial charge in [0.25, 0.3) is 0 Å². The lowest BCUT2D eigenvalue weighted by Gasteiger charge is -2.09. The van der Waals surface area contributed by atoms with Gasteiger partial charge >= 0.3 is 0 Å². The van der Waals surface area contributed by atoms with E-state index in [1.807, 2.05) is 10.7 Å². The lowest BCUT2D eigenvalue weighted by atomic mass is 10.2. The van der Waals surface area contributed by atoms with Crippen molar-refractivity contribution in [3.63, 3.8) is 0 Å². The third-order valence-electron chi connectivity index (χ3n) is 3.73. The fraction of sp³-hybridized carbons (Fsp3) is 0.583. The second kappa shape index (κ2) is 3.91. The summed E-state index contributed by atoms with van der Waals surface area (Å²) in [5.41, 5.74) is 2.00. The van der Waals surface area contributed by atoms with Crippen molar-refractivity contribution in [1.82, 2.24) is 25.5 Å². The SMILES string of the molecule is c1c(C2CC2)noc1-c1cnnn1C1CCNC1. The van der Waals surface area contributed by atoms with Crippen molar-refractivity contribution in [2.45, 2.75) is 31.2 Å². The Morgan fingerprint density at radius 1 is 1.33 bits per heavy atom. The molecular weight excluding hydrogens is 230 g/mol. The first-order chi connectivity index (χ1) is 8.92. The highest BCUT2D eigenvalue weighted by Gasteiger charge is 2.28. The van der Waals surface area contributed by atoms with Gasteiger partial charge in [0.15, 0.2) is 5.76 Å². The van der Waals surface area contributed by atoms with Crippen LogP contribution in [0.25, 0.3) is 11.5 Å². The van der Waals surface area contributed by atoms with Crippen molar-refractivity contribution in [3.05, 3.63) is 18.0 Å². The maximum absolute atomic E-state index is 5.44. The van der Waals surface area contributed by atoms with E-state index in [1.54, 1.807) is 6.20 Å². The standard InChI is InChI=1S/C12H15N5O/c1-2-8(1)10-5-12(18-15-10)11-7-14-16-17(11)9-3-4-13-6-9/h5,7-9,13H,1-4,6H2. The summed E-state index contributed by atoms with van der Waals surface area (Å²) in [6.45, 7) is 1.98. The molecular formula is C12H15N5O. The van der Waals surface area contributed by atoms with Crippen LogP contribution in [0.1, 0.15) is 36.9 Å². The van der Waals surface area contributed by atoms with Gasteiger partial charge in [0, 0.05) is 18.5 Å². The lowest BCUT2D eigenvalue weighted by molar-refractivity contribution is 0.412. The molecule has 1 unspecified atom stereocenters. The molecule has 1 N–H and O–H groups in total. The van der Waals surface area contributed by atoms with E-state index in [1.165, 1.54) is 12.8 Å². The molecule has 3 heterocycles. The van der Waals surface area contributed by atoms with Gasteiger partial charge in [-0.15, -0.1) is 5.10 Å².